The summed E-state index contributed by atoms with van der Waals surface area (Å²) in [6, 6.07) is 16.8. The van der Waals surface area contributed by atoms with E-state index in [9.17, 15) is 4.79 Å². The first-order valence-corrected chi connectivity index (χ1v) is 12.4. The number of benzene rings is 2. The summed E-state index contributed by atoms with van der Waals surface area (Å²) in [4.78, 5) is 17.5. The molecule has 0 bridgehead atoms. The number of aromatic nitrogens is 1. The van der Waals surface area contributed by atoms with Crippen molar-refractivity contribution < 1.29 is 9.53 Å². The number of carbonyl (C=O) groups excluding carboxylic acids is 1. The molecule has 0 atom stereocenters. The molecule has 1 amide bonds. The zero-order valence-electron chi connectivity index (χ0n) is 20.8. The third-order valence-electron chi connectivity index (χ3n) is 6.94. The minimum absolute atomic E-state index is 0.130. The van der Waals surface area contributed by atoms with Gasteiger partial charge < -0.3 is 19.5 Å². The van der Waals surface area contributed by atoms with Crippen molar-refractivity contribution in [3.05, 3.63) is 65.9 Å². The molecule has 2 heterocycles. The summed E-state index contributed by atoms with van der Waals surface area (Å²) in [5.74, 6) is 1.24. The van der Waals surface area contributed by atoms with Crippen LogP contribution in [0, 0.1) is 5.92 Å². The second-order valence-corrected chi connectivity index (χ2v) is 9.57. The molecule has 1 N–H and O–H groups in total. The van der Waals surface area contributed by atoms with Crippen LogP contribution in [-0.2, 0) is 24.9 Å². The summed E-state index contributed by atoms with van der Waals surface area (Å²) in [5, 5.41) is 4.42. The molecule has 2 aromatic carbocycles. The van der Waals surface area contributed by atoms with E-state index < -0.39 is 0 Å². The molecule has 0 unspecified atom stereocenters. The number of nitrogens with one attached hydrogen (secondary N) is 1. The van der Waals surface area contributed by atoms with E-state index in [4.69, 9.17) is 4.74 Å². The molecule has 6 heteroatoms. The van der Waals surface area contributed by atoms with Gasteiger partial charge in [0.05, 0.1) is 7.11 Å². The lowest BCUT2D eigenvalue weighted by atomic mass is 9.95. The first-order chi connectivity index (χ1) is 16.5. The minimum Gasteiger partial charge on any atom is -0.497 e. The van der Waals surface area contributed by atoms with Crippen LogP contribution in [0.25, 0.3) is 10.9 Å². The van der Waals surface area contributed by atoms with E-state index in [2.05, 4.69) is 76.4 Å². The number of amides is 1. The van der Waals surface area contributed by atoms with Gasteiger partial charge in [0.1, 0.15) is 5.75 Å². The number of rotatable bonds is 10. The van der Waals surface area contributed by atoms with Crippen molar-refractivity contribution in [2.45, 2.75) is 32.4 Å². The zero-order valence-corrected chi connectivity index (χ0v) is 20.8. The molecule has 34 heavy (non-hydrogen) atoms. The van der Waals surface area contributed by atoms with E-state index in [1.54, 1.807) is 7.11 Å². The number of ether oxygens (including phenoxy) is 1. The van der Waals surface area contributed by atoms with Gasteiger partial charge in [-0.2, -0.15) is 0 Å². The number of likely N-dealkylation sites (tertiary alicyclic amines) is 1. The number of aryl methyl sites for hydroxylation is 1. The molecule has 1 aromatic heterocycles. The topological polar surface area (TPSA) is 49.7 Å². The van der Waals surface area contributed by atoms with Gasteiger partial charge in [-0.25, -0.2) is 0 Å². The largest absolute Gasteiger partial charge is 0.497 e. The third-order valence-corrected chi connectivity index (χ3v) is 6.94. The summed E-state index contributed by atoms with van der Waals surface area (Å²) in [6.45, 7) is 5.49. The van der Waals surface area contributed by atoms with Crippen molar-refractivity contribution in [3.63, 3.8) is 0 Å². The maximum Gasteiger partial charge on any atom is 0.223 e. The summed E-state index contributed by atoms with van der Waals surface area (Å²) in [6.07, 6.45) is 5.04. The van der Waals surface area contributed by atoms with Crippen molar-refractivity contribution >= 4 is 16.8 Å². The van der Waals surface area contributed by atoms with Crippen LogP contribution in [0.4, 0.5) is 0 Å². The maximum absolute atomic E-state index is 12.7. The minimum atomic E-state index is 0.130. The number of hydrogen-bond acceptors (Lipinski definition) is 4. The van der Waals surface area contributed by atoms with Crippen LogP contribution in [0.1, 0.15) is 30.4 Å². The Labute approximate surface area is 203 Å². The number of methoxy groups -OCH3 is 1. The lowest BCUT2D eigenvalue weighted by Crippen LogP contribution is -2.40. The SMILES string of the molecule is COc1ccc2c(c1)c(CN1CCC(C(=O)NCCCN(C)Cc3ccccc3)CC1)cn2C. The van der Waals surface area contributed by atoms with Gasteiger partial charge in [0.25, 0.3) is 0 Å². The Balaban J connectivity index is 1.18. The van der Waals surface area contributed by atoms with Crippen LogP contribution in [0.2, 0.25) is 0 Å². The summed E-state index contributed by atoms with van der Waals surface area (Å²) in [7, 11) is 5.94. The number of fused-ring (bicyclic) bond motifs is 1. The molecule has 182 valence electrons. The zero-order chi connectivity index (χ0) is 23.9. The molecule has 4 rings (SSSR count). The fraction of sp³-hybridized carbons (Fsp3) is 0.464. The highest BCUT2D eigenvalue weighted by atomic mass is 16.5. The second-order valence-electron chi connectivity index (χ2n) is 9.57. The molecule has 0 aliphatic carbocycles. The lowest BCUT2D eigenvalue weighted by molar-refractivity contribution is -0.126. The Morgan fingerprint density at radius 1 is 1.15 bits per heavy atom. The molecule has 0 radical (unpaired) electrons. The number of hydrogen-bond donors (Lipinski definition) is 1. The van der Waals surface area contributed by atoms with Crippen LogP contribution in [-0.4, -0.2) is 60.6 Å². The number of carbonyl (C=O) groups is 1. The van der Waals surface area contributed by atoms with Crippen molar-refractivity contribution in [3.8, 4) is 5.75 Å². The number of nitrogens with zero attached hydrogens (tertiary/aromatic N) is 3. The van der Waals surface area contributed by atoms with Crippen LogP contribution in [0.15, 0.2) is 54.7 Å². The quantitative estimate of drug-likeness (QED) is 0.462. The smallest absolute Gasteiger partial charge is 0.223 e. The Bertz CT molecular complexity index is 1070. The molecule has 1 aliphatic rings. The Kier molecular flexibility index (Phi) is 8.25. The van der Waals surface area contributed by atoms with Crippen molar-refractivity contribution in [2.24, 2.45) is 13.0 Å². The van der Waals surface area contributed by atoms with Gasteiger partial charge in [0.15, 0.2) is 0 Å². The summed E-state index contributed by atoms with van der Waals surface area (Å²) >= 11 is 0. The van der Waals surface area contributed by atoms with Crippen LogP contribution in [0.3, 0.4) is 0 Å². The van der Waals surface area contributed by atoms with Crippen molar-refractivity contribution in [1.29, 1.82) is 0 Å². The predicted molar refractivity (Wildman–Crippen MR) is 138 cm³/mol. The van der Waals surface area contributed by atoms with Gasteiger partial charge in [-0.05, 0) is 75.3 Å². The Morgan fingerprint density at radius 3 is 2.65 bits per heavy atom. The lowest BCUT2D eigenvalue weighted by Gasteiger charge is -2.31. The predicted octanol–water partition coefficient (Wildman–Crippen LogP) is 4.04. The first kappa shape index (κ1) is 24.3. The highest BCUT2D eigenvalue weighted by Crippen LogP contribution is 2.28. The average Bonchev–Trinajstić information content (AvgIpc) is 3.17. The van der Waals surface area contributed by atoms with Crippen molar-refractivity contribution in [1.82, 2.24) is 19.7 Å². The second kappa shape index (κ2) is 11.5. The molecule has 1 saturated heterocycles. The first-order valence-electron chi connectivity index (χ1n) is 12.4. The highest BCUT2D eigenvalue weighted by molar-refractivity contribution is 5.85. The molecule has 3 aromatic rings. The van der Waals surface area contributed by atoms with Gasteiger partial charge in [-0.1, -0.05) is 30.3 Å². The van der Waals surface area contributed by atoms with E-state index in [1.807, 2.05) is 12.1 Å². The Hall–Kier alpha value is -2.83. The van der Waals surface area contributed by atoms with E-state index in [0.717, 1.165) is 64.3 Å². The third kappa shape index (κ3) is 6.19. The number of piperidine rings is 1. The van der Waals surface area contributed by atoms with Crippen molar-refractivity contribution in [2.75, 3.05) is 40.3 Å². The van der Waals surface area contributed by atoms with Gasteiger partial charge >= 0.3 is 0 Å². The van der Waals surface area contributed by atoms with Gasteiger partial charge in [-0.3, -0.25) is 9.69 Å². The average molecular weight is 463 g/mol. The van der Waals surface area contributed by atoms with Crippen LogP contribution in [0.5, 0.6) is 5.75 Å². The normalized spacial score (nSPS) is 15.2. The highest BCUT2D eigenvalue weighted by Gasteiger charge is 2.25. The summed E-state index contributed by atoms with van der Waals surface area (Å²) in [5.41, 5.74) is 3.86. The van der Waals surface area contributed by atoms with E-state index in [1.165, 1.54) is 22.0 Å². The van der Waals surface area contributed by atoms with E-state index in [-0.39, 0.29) is 11.8 Å². The molecular formula is C28H38N4O2. The molecule has 0 saturated carbocycles. The molecule has 0 spiro atoms. The summed E-state index contributed by atoms with van der Waals surface area (Å²) < 4.78 is 7.61. The molecular weight excluding hydrogens is 424 g/mol. The Morgan fingerprint density at radius 2 is 1.91 bits per heavy atom. The standard InChI is InChI=1S/C28H38N4O2/c1-30(19-22-8-5-4-6-9-22)15-7-14-29-28(33)23-12-16-32(17-13-23)21-24-20-31(2)27-11-10-25(34-3)18-26(24)27/h4-6,8-11,18,20,23H,7,12-17,19,21H2,1-3H3,(H,29,33). The van der Waals surface area contributed by atoms with E-state index in [0.29, 0.717) is 0 Å². The molecule has 1 fully saturated rings. The van der Waals surface area contributed by atoms with Gasteiger partial charge in [-0.15, -0.1) is 0 Å². The molecule has 1 aliphatic heterocycles. The van der Waals surface area contributed by atoms with Gasteiger partial charge in [0, 0.05) is 49.7 Å². The van der Waals surface area contributed by atoms with Crippen LogP contribution >= 0.6 is 0 Å². The fourth-order valence-corrected chi connectivity index (χ4v) is 4.98. The maximum atomic E-state index is 12.7. The monoisotopic (exact) mass is 462 g/mol. The van der Waals surface area contributed by atoms with Crippen LogP contribution < -0.4 is 10.1 Å². The van der Waals surface area contributed by atoms with Gasteiger partial charge in [0.2, 0.25) is 5.91 Å². The molecule has 6 nitrogen and oxygen atoms in total. The fourth-order valence-electron chi connectivity index (χ4n) is 4.98. The van der Waals surface area contributed by atoms with E-state index >= 15 is 0 Å².